The molecule has 4 heteroatoms. The quantitative estimate of drug-likeness (QED) is 0.859. The minimum absolute atomic E-state index is 0.0439. The lowest BCUT2D eigenvalue weighted by Crippen LogP contribution is -2.39. The van der Waals surface area contributed by atoms with Crippen molar-refractivity contribution in [1.29, 1.82) is 0 Å². The van der Waals surface area contributed by atoms with Gasteiger partial charge < -0.3 is 15.0 Å². The number of carbonyl (C=O) groups is 1. The Morgan fingerprint density at radius 1 is 1.10 bits per heavy atom. The molecule has 112 valence electrons. The number of hydrogen-bond donors (Lipinski definition) is 1. The van der Waals surface area contributed by atoms with E-state index in [4.69, 9.17) is 4.74 Å². The van der Waals surface area contributed by atoms with Gasteiger partial charge in [0.2, 0.25) is 0 Å². The second-order valence-electron chi connectivity index (χ2n) is 5.85. The van der Waals surface area contributed by atoms with Gasteiger partial charge >= 0.3 is 6.03 Å². The van der Waals surface area contributed by atoms with Crippen LogP contribution >= 0.6 is 0 Å². The summed E-state index contributed by atoms with van der Waals surface area (Å²) in [7, 11) is 1.63. The highest BCUT2D eigenvalue weighted by molar-refractivity contribution is 5.89. The van der Waals surface area contributed by atoms with Gasteiger partial charge in [-0.2, -0.15) is 0 Å². The largest absolute Gasteiger partial charge is 0.497 e. The Bertz CT molecular complexity index is 403. The number of hydrogen-bond acceptors (Lipinski definition) is 2. The molecule has 1 rings (SSSR count). The highest BCUT2D eigenvalue weighted by atomic mass is 16.5. The number of rotatable bonds is 6. The highest BCUT2D eigenvalue weighted by Gasteiger charge is 2.16. The fourth-order valence-electron chi connectivity index (χ4n) is 2.00. The normalized spacial score (nSPS) is 10.8. The first-order chi connectivity index (χ1) is 9.42. The van der Waals surface area contributed by atoms with Crippen LogP contribution in [0.2, 0.25) is 0 Å². The van der Waals surface area contributed by atoms with E-state index in [0.717, 1.165) is 24.5 Å². The predicted octanol–water partition coefficient (Wildman–Crippen LogP) is 3.84. The fourth-order valence-corrected chi connectivity index (χ4v) is 2.00. The van der Waals surface area contributed by atoms with Gasteiger partial charge in [0, 0.05) is 18.8 Å². The molecule has 0 saturated carbocycles. The first-order valence-corrected chi connectivity index (χ1v) is 7.12. The summed E-state index contributed by atoms with van der Waals surface area (Å²) >= 11 is 0. The van der Waals surface area contributed by atoms with E-state index >= 15 is 0 Å². The molecule has 0 unspecified atom stereocenters. The number of carbonyl (C=O) groups excluding carboxylic acids is 1. The topological polar surface area (TPSA) is 41.6 Å². The second-order valence-corrected chi connectivity index (χ2v) is 5.85. The minimum atomic E-state index is -0.0439. The summed E-state index contributed by atoms with van der Waals surface area (Å²) in [5.41, 5.74) is 0.785. The lowest BCUT2D eigenvalue weighted by molar-refractivity contribution is 0.196. The summed E-state index contributed by atoms with van der Waals surface area (Å²) in [5, 5.41) is 2.94. The van der Waals surface area contributed by atoms with Crippen LogP contribution in [0.15, 0.2) is 24.3 Å². The molecular formula is C16H26N2O2. The average Bonchev–Trinajstić information content (AvgIpc) is 2.37. The van der Waals surface area contributed by atoms with Gasteiger partial charge in [-0.1, -0.05) is 27.7 Å². The molecular weight excluding hydrogens is 252 g/mol. The Labute approximate surface area is 122 Å². The van der Waals surface area contributed by atoms with Gasteiger partial charge in [-0.3, -0.25) is 0 Å². The molecule has 0 atom stereocenters. The van der Waals surface area contributed by atoms with E-state index in [1.54, 1.807) is 7.11 Å². The average molecular weight is 278 g/mol. The van der Waals surface area contributed by atoms with Gasteiger partial charge in [-0.15, -0.1) is 0 Å². The smallest absolute Gasteiger partial charge is 0.321 e. The molecule has 0 aliphatic carbocycles. The zero-order chi connectivity index (χ0) is 15.1. The van der Waals surface area contributed by atoms with Crippen molar-refractivity contribution in [2.75, 3.05) is 25.5 Å². The van der Waals surface area contributed by atoms with Crippen molar-refractivity contribution in [1.82, 2.24) is 4.90 Å². The zero-order valence-corrected chi connectivity index (χ0v) is 13.1. The number of benzene rings is 1. The molecule has 0 bridgehead atoms. The van der Waals surface area contributed by atoms with Gasteiger partial charge in [0.1, 0.15) is 5.75 Å². The zero-order valence-electron chi connectivity index (χ0n) is 13.1. The lowest BCUT2D eigenvalue weighted by atomic mass is 10.1. The summed E-state index contributed by atoms with van der Waals surface area (Å²) in [5.74, 6) is 1.69. The number of urea groups is 1. The van der Waals surface area contributed by atoms with Crippen molar-refractivity contribution >= 4 is 11.7 Å². The molecule has 0 spiro atoms. The Hall–Kier alpha value is -1.71. The van der Waals surface area contributed by atoms with Gasteiger partial charge in [-0.25, -0.2) is 4.79 Å². The molecule has 1 aromatic rings. The van der Waals surface area contributed by atoms with Crippen molar-refractivity contribution < 1.29 is 9.53 Å². The summed E-state index contributed by atoms with van der Waals surface area (Å²) in [6.45, 7) is 10.0. The van der Waals surface area contributed by atoms with Crippen LogP contribution in [0.1, 0.15) is 27.7 Å². The number of methoxy groups -OCH3 is 1. The Morgan fingerprint density at radius 2 is 1.60 bits per heavy atom. The van der Waals surface area contributed by atoms with E-state index in [-0.39, 0.29) is 6.03 Å². The first kappa shape index (κ1) is 16.3. The second kappa shape index (κ2) is 7.78. The van der Waals surface area contributed by atoms with Gasteiger partial charge in [0.05, 0.1) is 7.11 Å². The minimum Gasteiger partial charge on any atom is -0.497 e. The molecule has 0 aromatic heterocycles. The summed E-state index contributed by atoms with van der Waals surface area (Å²) in [6.07, 6.45) is 0. The van der Waals surface area contributed by atoms with Crippen LogP contribution in [0.5, 0.6) is 5.75 Å². The molecule has 4 nitrogen and oxygen atoms in total. The van der Waals surface area contributed by atoms with Crippen molar-refractivity contribution in [3.63, 3.8) is 0 Å². The van der Waals surface area contributed by atoms with Crippen LogP contribution in [0.25, 0.3) is 0 Å². The van der Waals surface area contributed by atoms with E-state index in [9.17, 15) is 4.79 Å². The van der Waals surface area contributed by atoms with Crippen molar-refractivity contribution in [2.24, 2.45) is 11.8 Å². The number of nitrogens with one attached hydrogen (secondary N) is 1. The maximum absolute atomic E-state index is 12.3. The summed E-state index contributed by atoms with van der Waals surface area (Å²) in [6, 6.07) is 7.33. The molecule has 20 heavy (non-hydrogen) atoms. The molecule has 0 saturated heterocycles. The molecule has 1 aromatic carbocycles. The summed E-state index contributed by atoms with van der Waals surface area (Å²) in [4.78, 5) is 14.2. The van der Waals surface area contributed by atoms with Gasteiger partial charge in [-0.05, 0) is 36.1 Å². The van der Waals surface area contributed by atoms with Crippen LogP contribution in [-0.4, -0.2) is 31.1 Å². The third-order valence-corrected chi connectivity index (χ3v) is 2.80. The molecule has 1 N–H and O–H groups in total. The number of amides is 2. The number of ether oxygens (including phenoxy) is 1. The van der Waals surface area contributed by atoms with Gasteiger partial charge in [0.15, 0.2) is 0 Å². The van der Waals surface area contributed by atoms with Crippen molar-refractivity contribution in [3.8, 4) is 5.75 Å². The van der Waals surface area contributed by atoms with Crippen LogP contribution in [-0.2, 0) is 0 Å². The maximum Gasteiger partial charge on any atom is 0.321 e. The fraction of sp³-hybridized carbons (Fsp3) is 0.562. The SMILES string of the molecule is COc1ccc(NC(=O)N(CC(C)C)CC(C)C)cc1. The van der Waals surface area contributed by atoms with Crippen LogP contribution < -0.4 is 10.1 Å². The van der Waals surface area contributed by atoms with E-state index in [2.05, 4.69) is 33.0 Å². The Balaban J connectivity index is 2.68. The van der Waals surface area contributed by atoms with Crippen molar-refractivity contribution in [2.45, 2.75) is 27.7 Å². The van der Waals surface area contributed by atoms with E-state index in [1.807, 2.05) is 29.2 Å². The van der Waals surface area contributed by atoms with Gasteiger partial charge in [0.25, 0.3) is 0 Å². The summed E-state index contributed by atoms with van der Waals surface area (Å²) < 4.78 is 5.10. The Kier molecular flexibility index (Phi) is 6.36. The predicted molar refractivity (Wildman–Crippen MR) is 83.3 cm³/mol. The van der Waals surface area contributed by atoms with E-state index in [1.165, 1.54) is 0 Å². The molecule has 2 amide bonds. The first-order valence-electron chi connectivity index (χ1n) is 7.12. The maximum atomic E-state index is 12.3. The molecule has 0 heterocycles. The molecule has 0 radical (unpaired) electrons. The van der Waals surface area contributed by atoms with Crippen LogP contribution in [0.3, 0.4) is 0 Å². The van der Waals surface area contributed by atoms with Crippen LogP contribution in [0, 0.1) is 11.8 Å². The highest BCUT2D eigenvalue weighted by Crippen LogP contribution is 2.16. The molecule has 0 aliphatic heterocycles. The van der Waals surface area contributed by atoms with E-state index < -0.39 is 0 Å². The Morgan fingerprint density at radius 3 is 2.00 bits per heavy atom. The molecule has 0 fully saturated rings. The lowest BCUT2D eigenvalue weighted by Gasteiger charge is -2.26. The van der Waals surface area contributed by atoms with Crippen molar-refractivity contribution in [3.05, 3.63) is 24.3 Å². The third kappa shape index (κ3) is 5.51. The number of nitrogens with zero attached hydrogens (tertiary/aromatic N) is 1. The number of anilines is 1. The standard InChI is InChI=1S/C16H26N2O2/c1-12(2)10-18(11-13(3)4)16(19)17-14-6-8-15(20-5)9-7-14/h6-9,12-13H,10-11H2,1-5H3,(H,17,19). The van der Waals surface area contributed by atoms with E-state index in [0.29, 0.717) is 11.8 Å². The molecule has 0 aliphatic rings. The monoisotopic (exact) mass is 278 g/mol. The third-order valence-electron chi connectivity index (χ3n) is 2.80. The van der Waals surface area contributed by atoms with Crippen LogP contribution in [0.4, 0.5) is 10.5 Å².